The highest BCUT2D eigenvalue weighted by Gasteiger charge is 2.09. The van der Waals surface area contributed by atoms with Crippen LogP contribution in [0.15, 0.2) is 36.9 Å². The maximum Gasteiger partial charge on any atom is 0.243 e. The molecule has 0 saturated heterocycles. The second-order valence-electron chi connectivity index (χ2n) is 5.00. The van der Waals surface area contributed by atoms with Gasteiger partial charge in [-0.15, -0.1) is 0 Å². The maximum absolute atomic E-state index is 11.1. The molecule has 0 unspecified atom stereocenters. The molecule has 0 aliphatic rings. The van der Waals surface area contributed by atoms with Crippen LogP contribution in [0.3, 0.4) is 0 Å². The Morgan fingerprint density at radius 3 is 2.71 bits per heavy atom. The second-order valence-corrected chi connectivity index (χ2v) is 5.00. The summed E-state index contributed by atoms with van der Waals surface area (Å²) in [6, 6.07) is 8.01. The van der Waals surface area contributed by atoms with E-state index < -0.39 is 0 Å². The summed E-state index contributed by atoms with van der Waals surface area (Å²) in [5.74, 6) is -0.154. The van der Waals surface area contributed by atoms with Crippen molar-refractivity contribution in [1.82, 2.24) is 5.32 Å². The maximum atomic E-state index is 11.1. The Bertz CT molecular complexity index is 405. The van der Waals surface area contributed by atoms with E-state index in [1.165, 1.54) is 6.08 Å². The number of nitrogens with one attached hydrogen (secondary N) is 2. The zero-order valence-electron chi connectivity index (χ0n) is 10.7. The molecule has 1 aromatic carbocycles. The van der Waals surface area contributed by atoms with Crippen LogP contribution in [0.5, 0.6) is 0 Å². The first-order valence-electron chi connectivity index (χ1n) is 5.68. The van der Waals surface area contributed by atoms with E-state index in [2.05, 4.69) is 38.0 Å². The number of hydrogen-bond donors (Lipinski definition) is 2. The van der Waals surface area contributed by atoms with Crippen molar-refractivity contribution in [3.63, 3.8) is 0 Å². The molecule has 0 aliphatic carbocycles. The third kappa shape index (κ3) is 5.20. The summed E-state index contributed by atoms with van der Waals surface area (Å²) in [6.07, 6.45) is 1.28. The Morgan fingerprint density at radius 1 is 1.41 bits per heavy atom. The van der Waals surface area contributed by atoms with Gasteiger partial charge in [0.2, 0.25) is 5.91 Å². The van der Waals surface area contributed by atoms with Crippen molar-refractivity contribution in [2.45, 2.75) is 32.9 Å². The number of hydrogen-bond acceptors (Lipinski definition) is 2. The van der Waals surface area contributed by atoms with Gasteiger partial charge in [0.15, 0.2) is 0 Å². The van der Waals surface area contributed by atoms with Crippen molar-refractivity contribution in [2.75, 3.05) is 5.32 Å². The third-order valence-corrected chi connectivity index (χ3v) is 2.10. The molecule has 0 aliphatic heterocycles. The fourth-order valence-corrected chi connectivity index (χ4v) is 1.45. The van der Waals surface area contributed by atoms with E-state index in [1.807, 2.05) is 24.3 Å². The highest BCUT2D eigenvalue weighted by Crippen LogP contribution is 2.15. The van der Waals surface area contributed by atoms with Gasteiger partial charge >= 0.3 is 0 Å². The molecule has 1 amide bonds. The number of carbonyl (C=O) groups excluding carboxylic acids is 1. The number of carbonyl (C=O) groups is 1. The molecule has 17 heavy (non-hydrogen) atoms. The summed E-state index contributed by atoms with van der Waals surface area (Å²) in [6.45, 7) is 10.3. The van der Waals surface area contributed by atoms with E-state index in [4.69, 9.17) is 0 Å². The largest absolute Gasteiger partial charge is 0.380 e. The Labute approximate surface area is 103 Å². The van der Waals surface area contributed by atoms with Crippen molar-refractivity contribution >= 4 is 11.6 Å². The smallest absolute Gasteiger partial charge is 0.243 e. The van der Waals surface area contributed by atoms with E-state index in [0.29, 0.717) is 6.54 Å². The highest BCUT2D eigenvalue weighted by atomic mass is 16.1. The lowest BCUT2D eigenvalue weighted by atomic mass is 10.1. The van der Waals surface area contributed by atoms with Crippen molar-refractivity contribution in [3.8, 4) is 0 Å². The molecule has 92 valence electrons. The van der Waals surface area contributed by atoms with E-state index in [1.54, 1.807) is 0 Å². The number of benzene rings is 1. The molecule has 0 aromatic heterocycles. The van der Waals surface area contributed by atoms with Crippen molar-refractivity contribution in [1.29, 1.82) is 0 Å². The van der Waals surface area contributed by atoms with Gasteiger partial charge in [0, 0.05) is 17.8 Å². The van der Waals surface area contributed by atoms with Crippen LogP contribution in [0.2, 0.25) is 0 Å². The molecule has 0 radical (unpaired) electrons. The molecule has 0 saturated carbocycles. The standard InChI is InChI=1S/C14H20N2O/c1-5-13(17)15-10-11-7-6-8-12(9-11)16-14(2,3)4/h5-9,16H,1,10H2,2-4H3,(H,15,17). The SMILES string of the molecule is C=CC(=O)NCc1cccc(NC(C)(C)C)c1. The zero-order valence-corrected chi connectivity index (χ0v) is 10.7. The number of rotatable bonds is 4. The molecule has 3 heteroatoms. The normalized spacial score (nSPS) is 10.8. The zero-order chi connectivity index (χ0) is 12.9. The lowest BCUT2D eigenvalue weighted by Gasteiger charge is -2.22. The lowest BCUT2D eigenvalue weighted by Crippen LogP contribution is -2.26. The van der Waals surface area contributed by atoms with Gasteiger partial charge in [0.05, 0.1) is 0 Å². The Hall–Kier alpha value is -1.77. The van der Waals surface area contributed by atoms with Crippen LogP contribution in [0.25, 0.3) is 0 Å². The minimum Gasteiger partial charge on any atom is -0.380 e. The van der Waals surface area contributed by atoms with Gasteiger partial charge in [-0.05, 0) is 44.5 Å². The predicted octanol–water partition coefficient (Wildman–Crippen LogP) is 2.70. The first-order chi connectivity index (χ1) is 7.90. The molecule has 0 spiro atoms. The van der Waals surface area contributed by atoms with E-state index in [-0.39, 0.29) is 11.4 Å². The van der Waals surface area contributed by atoms with Crippen LogP contribution in [0.1, 0.15) is 26.3 Å². The van der Waals surface area contributed by atoms with Crippen LogP contribution in [0.4, 0.5) is 5.69 Å². The van der Waals surface area contributed by atoms with Crippen LogP contribution in [-0.2, 0) is 11.3 Å². The van der Waals surface area contributed by atoms with Gasteiger partial charge in [-0.2, -0.15) is 0 Å². The van der Waals surface area contributed by atoms with Gasteiger partial charge < -0.3 is 10.6 Å². The Kier molecular flexibility index (Phi) is 4.32. The van der Waals surface area contributed by atoms with Crippen LogP contribution >= 0.6 is 0 Å². The van der Waals surface area contributed by atoms with E-state index >= 15 is 0 Å². The molecule has 1 aromatic rings. The average Bonchev–Trinajstić information content (AvgIpc) is 2.24. The second kappa shape index (κ2) is 5.53. The summed E-state index contributed by atoms with van der Waals surface area (Å²) < 4.78 is 0. The molecule has 0 heterocycles. The van der Waals surface area contributed by atoms with Crippen LogP contribution < -0.4 is 10.6 Å². The van der Waals surface area contributed by atoms with Gasteiger partial charge in [-0.1, -0.05) is 18.7 Å². The molecule has 1 rings (SSSR count). The minimum atomic E-state index is -0.154. The molecule has 0 atom stereocenters. The predicted molar refractivity (Wildman–Crippen MR) is 71.9 cm³/mol. The summed E-state index contributed by atoms with van der Waals surface area (Å²) in [5.41, 5.74) is 2.15. The number of amides is 1. The Morgan fingerprint density at radius 2 is 2.12 bits per heavy atom. The molecule has 0 fully saturated rings. The molecular formula is C14H20N2O. The summed E-state index contributed by atoms with van der Waals surface area (Å²) in [4.78, 5) is 11.1. The summed E-state index contributed by atoms with van der Waals surface area (Å²) in [5, 5.41) is 6.14. The van der Waals surface area contributed by atoms with Gasteiger partial charge in [-0.25, -0.2) is 0 Å². The average molecular weight is 232 g/mol. The van der Waals surface area contributed by atoms with Crippen molar-refractivity contribution in [2.24, 2.45) is 0 Å². The van der Waals surface area contributed by atoms with E-state index in [0.717, 1.165) is 11.3 Å². The minimum absolute atomic E-state index is 0.0307. The topological polar surface area (TPSA) is 41.1 Å². The van der Waals surface area contributed by atoms with Gasteiger partial charge in [0.1, 0.15) is 0 Å². The summed E-state index contributed by atoms with van der Waals surface area (Å²) in [7, 11) is 0. The van der Waals surface area contributed by atoms with E-state index in [9.17, 15) is 4.79 Å². The van der Waals surface area contributed by atoms with Crippen LogP contribution in [-0.4, -0.2) is 11.4 Å². The summed E-state index contributed by atoms with van der Waals surface area (Å²) >= 11 is 0. The molecule has 3 nitrogen and oxygen atoms in total. The Balaban J connectivity index is 2.66. The lowest BCUT2D eigenvalue weighted by molar-refractivity contribution is -0.116. The first kappa shape index (κ1) is 13.3. The molecule has 2 N–H and O–H groups in total. The van der Waals surface area contributed by atoms with Gasteiger partial charge in [-0.3, -0.25) is 4.79 Å². The van der Waals surface area contributed by atoms with Crippen LogP contribution in [0, 0.1) is 0 Å². The highest BCUT2D eigenvalue weighted by molar-refractivity contribution is 5.86. The number of anilines is 1. The fraction of sp³-hybridized carbons (Fsp3) is 0.357. The van der Waals surface area contributed by atoms with Gasteiger partial charge in [0.25, 0.3) is 0 Å². The van der Waals surface area contributed by atoms with Crippen molar-refractivity contribution < 1.29 is 4.79 Å². The quantitative estimate of drug-likeness (QED) is 0.784. The third-order valence-electron chi connectivity index (χ3n) is 2.10. The van der Waals surface area contributed by atoms with Crippen molar-refractivity contribution in [3.05, 3.63) is 42.5 Å². The molecular weight excluding hydrogens is 212 g/mol. The fourth-order valence-electron chi connectivity index (χ4n) is 1.45. The molecule has 0 bridgehead atoms. The monoisotopic (exact) mass is 232 g/mol. The first-order valence-corrected chi connectivity index (χ1v) is 5.68.